The Morgan fingerprint density at radius 1 is 1.06 bits per heavy atom. The van der Waals surface area contributed by atoms with E-state index >= 15 is 0 Å². The van der Waals surface area contributed by atoms with Crippen LogP contribution in [-0.4, -0.2) is 35.6 Å². The molecule has 1 aliphatic heterocycles. The van der Waals surface area contributed by atoms with E-state index in [4.69, 9.17) is 4.74 Å². The van der Waals surface area contributed by atoms with Crippen molar-refractivity contribution in [3.05, 3.63) is 70.8 Å². The van der Waals surface area contributed by atoms with Gasteiger partial charge in [0.25, 0.3) is 0 Å². The minimum Gasteiger partial charge on any atom is -0.460 e. The molecule has 0 radical (unpaired) electrons. The fourth-order valence-corrected chi connectivity index (χ4v) is 6.17. The molecular weight excluding hydrogens is 406 g/mol. The molecule has 2 atom stereocenters. The zero-order valence-electron chi connectivity index (χ0n) is 20.6. The third kappa shape index (κ3) is 5.19. The van der Waals surface area contributed by atoms with Crippen molar-refractivity contribution in [2.75, 3.05) is 13.1 Å². The first kappa shape index (κ1) is 22.7. The number of aryl methyl sites for hydroxylation is 1. The second-order valence-electron chi connectivity index (χ2n) is 11.6. The summed E-state index contributed by atoms with van der Waals surface area (Å²) < 4.78 is 5.54. The van der Waals surface area contributed by atoms with Crippen LogP contribution in [-0.2, 0) is 22.4 Å². The van der Waals surface area contributed by atoms with E-state index in [0.29, 0.717) is 30.2 Å². The molecule has 0 spiro atoms. The minimum atomic E-state index is -0.389. The number of esters is 1. The Labute approximate surface area is 199 Å². The number of hydrogen-bond donors (Lipinski definition) is 0. The van der Waals surface area contributed by atoms with Crippen molar-refractivity contribution in [1.82, 2.24) is 4.90 Å². The van der Waals surface area contributed by atoms with Crippen LogP contribution >= 0.6 is 0 Å². The van der Waals surface area contributed by atoms with E-state index < -0.39 is 0 Å². The van der Waals surface area contributed by atoms with Gasteiger partial charge in [0.05, 0.1) is 0 Å². The summed E-state index contributed by atoms with van der Waals surface area (Å²) in [7, 11) is 0. The van der Waals surface area contributed by atoms with Crippen LogP contribution in [0.25, 0.3) is 0 Å². The first-order valence-electron chi connectivity index (χ1n) is 13.0. The summed E-state index contributed by atoms with van der Waals surface area (Å²) >= 11 is 0. The van der Waals surface area contributed by atoms with E-state index in [2.05, 4.69) is 53.4 Å². The van der Waals surface area contributed by atoms with Crippen LogP contribution in [0, 0.1) is 5.92 Å². The molecule has 176 valence electrons. The molecule has 2 aliphatic carbocycles. The fraction of sp³-hybridized carbons (Fsp3) is 0.567. The van der Waals surface area contributed by atoms with E-state index in [0.717, 1.165) is 19.3 Å². The van der Waals surface area contributed by atoms with Gasteiger partial charge in [-0.3, -0.25) is 9.69 Å². The lowest BCUT2D eigenvalue weighted by molar-refractivity contribution is -0.156. The van der Waals surface area contributed by atoms with Gasteiger partial charge in [0, 0.05) is 18.4 Å². The highest BCUT2D eigenvalue weighted by molar-refractivity contribution is 5.70. The summed E-state index contributed by atoms with van der Waals surface area (Å²) in [5.74, 6) is 1.59. The second kappa shape index (κ2) is 9.25. The molecule has 3 heteroatoms. The van der Waals surface area contributed by atoms with Crippen molar-refractivity contribution in [2.24, 2.45) is 5.92 Å². The molecule has 3 nitrogen and oxygen atoms in total. The maximum absolute atomic E-state index is 12.2. The normalized spacial score (nSPS) is 27.2. The van der Waals surface area contributed by atoms with Crippen molar-refractivity contribution in [2.45, 2.75) is 89.2 Å². The molecule has 1 saturated heterocycles. The zero-order valence-corrected chi connectivity index (χ0v) is 20.6. The van der Waals surface area contributed by atoms with Crippen LogP contribution in [0.1, 0.15) is 87.0 Å². The highest BCUT2D eigenvalue weighted by Crippen LogP contribution is 2.46. The number of rotatable bonds is 6. The summed E-state index contributed by atoms with van der Waals surface area (Å²) in [4.78, 5) is 14.9. The predicted molar refractivity (Wildman–Crippen MR) is 134 cm³/mol. The van der Waals surface area contributed by atoms with Crippen LogP contribution in [0.4, 0.5) is 0 Å². The summed E-state index contributed by atoms with van der Waals surface area (Å²) in [5, 5.41) is 0. The Balaban J connectivity index is 1.30. The minimum absolute atomic E-state index is 0.0447. The van der Waals surface area contributed by atoms with Crippen molar-refractivity contribution in [1.29, 1.82) is 0 Å². The van der Waals surface area contributed by atoms with Crippen LogP contribution in [0.15, 0.2) is 48.5 Å². The summed E-state index contributed by atoms with van der Waals surface area (Å²) in [6, 6.07) is 19.0. The van der Waals surface area contributed by atoms with Crippen molar-refractivity contribution in [3.63, 3.8) is 0 Å². The number of fused-ring (bicyclic) bond motifs is 1. The highest BCUT2D eigenvalue weighted by Gasteiger charge is 2.38. The van der Waals surface area contributed by atoms with Crippen molar-refractivity contribution in [3.8, 4) is 0 Å². The molecule has 0 unspecified atom stereocenters. The van der Waals surface area contributed by atoms with Gasteiger partial charge in [-0.05, 0) is 106 Å². The Morgan fingerprint density at radius 3 is 2.48 bits per heavy atom. The molecule has 2 aromatic carbocycles. The third-order valence-corrected chi connectivity index (χ3v) is 7.98. The molecule has 2 fully saturated rings. The molecule has 0 N–H and O–H groups in total. The Bertz CT molecular complexity index is 967. The molecule has 5 rings (SSSR count). The number of nitrogens with zero attached hydrogens (tertiary/aromatic N) is 1. The van der Waals surface area contributed by atoms with Gasteiger partial charge >= 0.3 is 5.97 Å². The van der Waals surface area contributed by atoms with E-state index in [1.807, 2.05) is 20.8 Å². The molecule has 3 aliphatic rings. The van der Waals surface area contributed by atoms with Gasteiger partial charge in [-0.2, -0.15) is 0 Å². The lowest BCUT2D eigenvalue weighted by Gasteiger charge is -2.46. The number of likely N-dealkylation sites (tertiary alicyclic amines) is 1. The van der Waals surface area contributed by atoms with Gasteiger partial charge in [0.2, 0.25) is 0 Å². The first-order valence-corrected chi connectivity index (χ1v) is 13.0. The summed E-state index contributed by atoms with van der Waals surface area (Å²) in [6.07, 6.45) is 7.74. The number of carbonyl (C=O) groups is 1. The fourth-order valence-electron chi connectivity index (χ4n) is 6.17. The standard InChI is InChI=1S/C30H39NO2/c1-30(2,3)33-29(32)19-22-16-25(17-22)24-11-10-23-12-13-28(31-14-7-15-31)27(26(23)20-24)18-21-8-5-4-6-9-21/h4-6,8-11,20,22,25,27-28H,7,12-19H2,1-3H3/t22?,25?,27-,28+/m1/s1. The quantitative estimate of drug-likeness (QED) is 0.492. The van der Waals surface area contributed by atoms with Crippen LogP contribution in [0.2, 0.25) is 0 Å². The topological polar surface area (TPSA) is 29.5 Å². The van der Waals surface area contributed by atoms with E-state index in [9.17, 15) is 4.79 Å². The lowest BCUT2D eigenvalue weighted by atomic mass is 9.68. The van der Waals surface area contributed by atoms with Gasteiger partial charge in [-0.15, -0.1) is 0 Å². The van der Waals surface area contributed by atoms with Gasteiger partial charge < -0.3 is 4.74 Å². The van der Waals surface area contributed by atoms with E-state index in [1.165, 1.54) is 43.5 Å². The van der Waals surface area contributed by atoms with Gasteiger partial charge in [0.15, 0.2) is 0 Å². The lowest BCUT2D eigenvalue weighted by Crippen LogP contribution is -2.50. The molecule has 1 saturated carbocycles. The SMILES string of the molecule is CC(C)(C)OC(=O)CC1CC(c2ccc3c(c2)[C@@H](Cc2ccccc2)[C@@H](N2CCC2)CC3)C1. The molecule has 33 heavy (non-hydrogen) atoms. The number of hydrogen-bond acceptors (Lipinski definition) is 3. The third-order valence-electron chi connectivity index (χ3n) is 7.98. The zero-order chi connectivity index (χ0) is 23.0. The van der Waals surface area contributed by atoms with E-state index in [-0.39, 0.29) is 11.6 Å². The Hall–Kier alpha value is -2.13. The maximum Gasteiger partial charge on any atom is 0.306 e. The predicted octanol–water partition coefficient (Wildman–Crippen LogP) is 6.26. The van der Waals surface area contributed by atoms with Gasteiger partial charge in [-0.25, -0.2) is 0 Å². The molecule has 2 aromatic rings. The molecule has 1 heterocycles. The van der Waals surface area contributed by atoms with Crippen molar-refractivity contribution < 1.29 is 9.53 Å². The van der Waals surface area contributed by atoms with Crippen LogP contribution < -0.4 is 0 Å². The highest BCUT2D eigenvalue weighted by atomic mass is 16.6. The van der Waals surface area contributed by atoms with Gasteiger partial charge in [-0.1, -0.05) is 48.5 Å². The maximum atomic E-state index is 12.2. The number of benzene rings is 2. The average Bonchev–Trinajstić information content (AvgIpc) is 2.70. The second-order valence-corrected chi connectivity index (χ2v) is 11.6. The molecule has 0 amide bonds. The Morgan fingerprint density at radius 2 is 1.82 bits per heavy atom. The number of carbonyl (C=O) groups excluding carboxylic acids is 1. The molecular formula is C30H39NO2. The monoisotopic (exact) mass is 445 g/mol. The molecule has 0 aromatic heterocycles. The smallest absolute Gasteiger partial charge is 0.306 e. The average molecular weight is 446 g/mol. The largest absolute Gasteiger partial charge is 0.460 e. The van der Waals surface area contributed by atoms with Gasteiger partial charge in [0.1, 0.15) is 5.60 Å². The summed E-state index contributed by atoms with van der Waals surface area (Å²) in [5.41, 5.74) is 5.69. The van der Waals surface area contributed by atoms with E-state index in [1.54, 1.807) is 11.1 Å². The first-order chi connectivity index (χ1) is 15.9. The summed E-state index contributed by atoms with van der Waals surface area (Å²) in [6.45, 7) is 8.36. The van der Waals surface area contributed by atoms with Crippen LogP contribution in [0.3, 0.4) is 0 Å². The van der Waals surface area contributed by atoms with Crippen molar-refractivity contribution >= 4 is 5.97 Å². The molecule has 0 bridgehead atoms. The Kier molecular flexibility index (Phi) is 6.35. The number of ether oxygens (including phenoxy) is 1. The van der Waals surface area contributed by atoms with Crippen LogP contribution in [0.5, 0.6) is 0 Å².